The van der Waals surface area contributed by atoms with Gasteiger partial charge in [0, 0.05) is 63.4 Å². The lowest BCUT2D eigenvalue weighted by molar-refractivity contribution is -0.188. The molecule has 15 heteroatoms. The third kappa shape index (κ3) is 8.37. The van der Waals surface area contributed by atoms with Crippen molar-refractivity contribution in [3.8, 4) is 0 Å². The van der Waals surface area contributed by atoms with Crippen molar-refractivity contribution in [1.82, 2.24) is 4.98 Å². The summed E-state index contributed by atoms with van der Waals surface area (Å²) in [6, 6.07) is 10.9. The zero-order valence-electron chi connectivity index (χ0n) is 32.5. The van der Waals surface area contributed by atoms with E-state index < -0.39 is 113 Å². The predicted molar refractivity (Wildman–Crippen MR) is 193 cm³/mol. The van der Waals surface area contributed by atoms with Crippen LogP contribution in [0.4, 0.5) is 0 Å². The molecule has 0 amide bonds. The van der Waals surface area contributed by atoms with Crippen LogP contribution in [0.3, 0.4) is 0 Å². The SMILES string of the molecule is C=C1C(OC(C)=O)C(OC(=O)c2ccccc2)C(OC(=O)c2cccnc2)C(C)(C)C2OC2C(C)C(=O)[C@@]2(OC(C)=O)C[C@H](C)[C@H](OC(C)=O)[C@@H]2[C@H]1OC(C)=O. The molecule has 15 nitrogen and oxygen atoms in total. The Kier molecular flexibility index (Phi) is 12.2. The fourth-order valence-corrected chi connectivity index (χ4v) is 8.24. The van der Waals surface area contributed by atoms with Crippen LogP contribution in [0.1, 0.15) is 82.5 Å². The molecule has 5 rings (SSSR count). The number of carbonyl (C=O) groups excluding carboxylic acids is 7. The van der Waals surface area contributed by atoms with Crippen LogP contribution in [0.2, 0.25) is 0 Å². The van der Waals surface area contributed by atoms with Gasteiger partial charge in [0.25, 0.3) is 0 Å². The first kappa shape index (κ1) is 41.7. The standard InChI is InChI=1S/C41H47NO14/c1-20-18-41(56-26(7)46)29(30(20)50-23(4)43)31(51-24(5)44)21(2)32(52-25(6)45)34(54-38(48)27-14-11-10-12-15-27)37(55-39(49)28-16-13-17-42-19-28)40(8,9)36-33(53-36)22(3)35(41)47/h10-17,19-20,22,29-34,36-37H,2,18H2,1,3-9H3/t20-,22?,29+,30-,31-,32?,33?,34?,36?,37?,41+/m0/s1. The van der Waals surface area contributed by atoms with E-state index in [0.29, 0.717) is 0 Å². The van der Waals surface area contributed by atoms with Crippen LogP contribution < -0.4 is 0 Å². The number of ether oxygens (including phenoxy) is 7. The average molecular weight is 778 g/mol. The fourth-order valence-electron chi connectivity index (χ4n) is 8.24. The number of rotatable bonds is 8. The van der Waals surface area contributed by atoms with Gasteiger partial charge in [-0.1, -0.05) is 52.5 Å². The number of nitrogens with zero attached hydrogens (tertiary/aromatic N) is 1. The molecule has 0 radical (unpaired) electrons. The summed E-state index contributed by atoms with van der Waals surface area (Å²) in [5.74, 6) is -8.98. The lowest BCUT2D eigenvalue weighted by atomic mass is 9.69. The van der Waals surface area contributed by atoms with Gasteiger partial charge in [-0.05, 0) is 30.2 Å². The van der Waals surface area contributed by atoms with Gasteiger partial charge in [-0.25, -0.2) is 9.59 Å². The van der Waals surface area contributed by atoms with Gasteiger partial charge in [0.05, 0.1) is 29.3 Å². The third-order valence-corrected chi connectivity index (χ3v) is 10.6. The molecule has 2 aromatic rings. The van der Waals surface area contributed by atoms with Crippen molar-refractivity contribution in [2.24, 2.45) is 23.2 Å². The highest BCUT2D eigenvalue weighted by Crippen LogP contribution is 2.54. The number of epoxide rings is 1. The normalized spacial score (nSPS) is 32.1. The van der Waals surface area contributed by atoms with Crippen LogP contribution in [-0.2, 0) is 57.1 Å². The van der Waals surface area contributed by atoms with Gasteiger partial charge in [0.15, 0.2) is 29.7 Å². The first-order chi connectivity index (χ1) is 26.3. The Morgan fingerprint density at radius 3 is 1.91 bits per heavy atom. The van der Waals surface area contributed by atoms with Crippen molar-refractivity contribution < 1.29 is 66.7 Å². The van der Waals surface area contributed by atoms with Gasteiger partial charge < -0.3 is 33.2 Å². The van der Waals surface area contributed by atoms with Crippen molar-refractivity contribution in [1.29, 1.82) is 0 Å². The van der Waals surface area contributed by atoms with E-state index in [0.717, 1.165) is 27.7 Å². The van der Waals surface area contributed by atoms with Crippen molar-refractivity contribution in [2.45, 2.75) is 110 Å². The van der Waals surface area contributed by atoms with E-state index in [-0.39, 0.29) is 23.1 Å². The van der Waals surface area contributed by atoms with Crippen LogP contribution in [0.15, 0.2) is 67.0 Å². The Balaban J connectivity index is 1.82. The summed E-state index contributed by atoms with van der Waals surface area (Å²) in [6.07, 6.45) is -7.17. The van der Waals surface area contributed by atoms with E-state index in [1.807, 2.05) is 0 Å². The van der Waals surface area contributed by atoms with Crippen molar-refractivity contribution in [3.05, 3.63) is 78.1 Å². The van der Waals surface area contributed by atoms with E-state index in [9.17, 15) is 28.8 Å². The molecule has 11 atom stereocenters. The third-order valence-electron chi connectivity index (χ3n) is 10.6. The first-order valence-corrected chi connectivity index (χ1v) is 18.3. The average Bonchev–Trinajstić information content (AvgIpc) is 3.91. The molecule has 3 fully saturated rings. The number of esters is 6. The molecule has 2 heterocycles. The Morgan fingerprint density at radius 2 is 1.34 bits per heavy atom. The van der Waals surface area contributed by atoms with Crippen LogP contribution >= 0.6 is 0 Å². The molecule has 0 N–H and O–H groups in total. The predicted octanol–water partition coefficient (Wildman–Crippen LogP) is 4.15. The highest BCUT2D eigenvalue weighted by molar-refractivity contribution is 5.93. The van der Waals surface area contributed by atoms with Crippen LogP contribution in [0.5, 0.6) is 0 Å². The van der Waals surface area contributed by atoms with Crippen LogP contribution in [0.25, 0.3) is 0 Å². The number of hydrogen-bond donors (Lipinski definition) is 0. The lowest BCUT2D eigenvalue weighted by Crippen LogP contribution is -2.60. The molecule has 3 aliphatic rings. The Morgan fingerprint density at radius 1 is 0.750 bits per heavy atom. The second kappa shape index (κ2) is 16.3. The fraction of sp³-hybridized carbons (Fsp3) is 0.512. The van der Waals surface area contributed by atoms with Gasteiger partial charge in [-0.3, -0.25) is 29.0 Å². The molecule has 1 saturated heterocycles. The number of Topliss-reactive ketones (excluding diaryl/α,β-unsaturated/α-hetero) is 1. The summed E-state index contributed by atoms with van der Waals surface area (Å²) in [5, 5.41) is 0. The minimum Gasteiger partial charge on any atom is -0.462 e. The van der Waals surface area contributed by atoms with Gasteiger partial charge in [-0.2, -0.15) is 0 Å². The summed E-state index contributed by atoms with van der Waals surface area (Å²) in [7, 11) is 0. The zero-order valence-corrected chi connectivity index (χ0v) is 32.5. The van der Waals surface area contributed by atoms with Crippen LogP contribution in [-0.4, -0.2) is 94.9 Å². The lowest BCUT2D eigenvalue weighted by Gasteiger charge is -2.45. The molecule has 1 aromatic heterocycles. The number of aromatic nitrogens is 1. The molecule has 2 saturated carbocycles. The maximum atomic E-state index is 15.0. The number of hydrogen-bond acceptors (Lipinski definition) is 15. The molecular weight excluding hydrogens is 730 g/mol. The van der Waals surface area contributed by atoms with Gasteiger partial charge >= 0.3 is 35.8 Å². The molecule has 56 heavy (non-hydrogen) atoms. The van der Waals surface area contributed by atoms with Crippen LogP contribution in [0, 0.1) is 23.2 Å². The Hall–Kier alpha value is -5.44. The van der Waals surface area contributed by atoms with E-state index in [2.05, 4.69) is 11.6 Å². The summed E-state index contributed by atoms with van der Waals surface area (Å²) in [6.45, 7) is 15.2. The molecular formula is C41H47NO14. The number of ketones is 1. The van der Waals surface area contributed by atoms with Gasteiger partial charge in [0.1, 0.15) is 12.2 Å². The van der Waals surface area contributed by atoms with Crippen molar-refractivity contribution in [3.63, 3.8) is 0 Å². The summed E-state index contributed by atoms with van der Waals surface area (Å²) >= 11 is 0. The molecule has 0 spiro atoms. The molecule has 0 bridgehead atoms. The minimum absolute atomic E-state index is 0.0374. The number of benzene rings is 1. The monoisotopic (exact) mass is 777 g/mol. The van der Waals surface area contributed by atoms with E-state index in [1.165, 1.54) is 36.7 Å². The topological polar surface area (TPSA) is 200 Å². The number of fused-ring (bicyclic) bond motifs is 2. The Labute approximate surface area is 324 Å². The van der Waals surface area contributed by atoms with Gasteiger partial charge in [0.2, 0.25) is 0 Å². The van der Waals surface area contributed by atoms with Gasteiger partial charge in [-0.15, -0.1) is 0 Å². The molecule has 6 unspecified atom stereocenters. The zero-order chi connectivity index (χ0) is 41.3. The molecule has 1 aliphatic heterocycles. The second-order valence-corrected chi connectivity index (χ2v) is 15.2. The Bertz CT molecular complexity index is 1880. The highest BCUT2D eigenvalue weighted by atomic mass is 16.6. The van der Waals surface area contributed by atoms with Crippen molar-refractivity contribution >= 4 is 41.6 Å². The minimum atomic E-state index is -2.10. The quantitative estimate of drug-likeness (QED) is 0.160. The maximum Gasteiger partial charge on any atom is 0.340 e. The number of pyridine rings is 1. The molecule has 300 valence electrons. The number of carbonyl (C=O) groups is 7. The summed E-state index contributed by atoms with van der Waals surface area (Å²) < 4.78 is 42.4. The van der Waals surface area contributed by atoms with E-state index >= 15 is 4.79 Å². The smallest absolute Gasteiger partial charge is 0.340 e. The molecule has 2 aliphatic carbocycles. The summed E-state index contributed by atoms with van der Waals surface area (Å²) in [5.41, 5.74) is -3.58. The molecule has 1 aromatic carbocycles. The van der Waals surface area contributed by atoms with E-state index in [4.69, 9.17) is 33.2 Å². The maximum absolute atomic E-state index is 15.0. The van der Waals surface area contributed by atoms with Crippen molar-refractivity contribution in [2.75, 3.05) is 0 Å². The first-order valence-electron chi connectivity index (χ1n) is 18.3. The second-order valence-electron chi connectivity index (χ2n) is 15.2. The summed E-state index contributed by atoms with van der Waals surface area (Å²) in [4.78, 5) is 98.8. The highest BCUT2D eigenvalue weighted by Gasteiger charge is 2.69. The van der Waals surface area contributed by atoms with E-state index in [1.54, 1.807) is 45.9 Å². The largest absolute Gasteiger partial charge is 0.462 e.